The van der Waals surface area contributed by atoms with Gasteiger partial charge in [0.25, 0.3) is 0 Å². The molecule has 1 aromatic carbocycles. The molecule has 0 fully saturated rings. The molecule has 0 saturated carbocycles. The molecule has 0 aromatic heterocycles. The van der Waals surface area contributed by atoms with E-state index in [4.69, 9.17) is 25.8 Å². The molecule has 0 unspecified atom stereocenters. The van der Waals surface area contributed by atoms with Gasteiger partial charge in [0.05, 0.1) is 14.2 Å². The molecule has 1 aliphatic heterocycles. The summed E-state index contributed by atoms with van der Waals surface area (Å²) in [5, 5.41) is 0.272. The van der Waals surface area contributed by atoms with Crippen LogP contribution < -0.4 is 14.2 Å². The summed E-state index contributed by atoms with van der Waals surface area (Å²) in [7, 11) is 2.96. The van der Waals surface area contributed by atoms with E-state index in [9.17, 15) is 4.79 Å². The van der Waals surface area contributed by atoms with Crippen molar-refractivity contribution in [2.24, 2.45) is 0 Å². The number of carbonyl (C=O) groups is 1. The second-order valence-corrected chi connectivity index (χ2v) is 3.76. The Bertz CT molecular complexity index is 520. The molecule has 1 aromatic rings. The summed E-state index contributed by atoms with van der Waals surface area (Å²) < 4.78 is 15.6. The minimum absolute atomic E-state index is 0.232. The Morgan fingerprint density at radius 1 is 1.29 bits per heavy atom. The standard InChI is InChI=1S/C12H11ClO4/c1-4-6-11(14)9-7(15-2)5-8(16-3)10(13)12(9)17-6/h4-5H,1-3H3/b6-4-. The van der Waals surface area contributed by atoms with Gasteiger partial charge in [-0.15, -0.1) is 0 Å². The summed E-state index contributed by atoms with van der Waals surface area (Å²) in [5.41, 5.74) is 0.339. The molecule has 1 heterocycles. The quantitative estimate of drug-likeness (QED) is 0.762. The van der Waals surface area contributed by atoms with Crippen LogP contribution in [-0.2, 0) is 0 Å². The zero-order valence-corrected chi connectivity index (χ0v) is 10.4. The number of Topliss-reactive ketones (excluding diaryl/α,β-unsaturated/α-hetero) is 1. The third-order valence-electron chi connectivity index (χ3n) is 2.52. The van der Waals surface area contributed by atoms with Gasteiger partial charge in [0.1, 0.15) is 22.1 Å². The first-order chi connectivity index (χ1) is 8.13. The van der Waals surface area contributed by atoms with Gasteiger partial charge >= 0.3 is 0 Å². The smallest absolute Gasteiger partial charge is 0.235 e. The van der Waals surface area contributed by atoms with E-state index in [1.54, 1.807) is 19.1 Å². The van der Waals surface area contributed by atoms with Crippen molar-refractivity contribution >= 4 is 17.4 Å². The maximum atomic E-state index is 12.0. The molecule has 90 valence electrons. The molecule has 0 saturated heterocycles. The van der Waals surface area contributed by atoms with Crippen LogP contribution in [0.4, 0.5) is 0 Å². The highest BCUT2D eigenvalue weighted by atomic mass is 35.5. The van der Waals surface area contributed by atoms with E-state index >= 15 is 0 Å². The van der Waals surface area contributed by atoms with Crippen LogP contribution in [0.5, 0.6) is 17.2 Å². The van der Waals surface area contributed by atoms with Crippen LogP contribution in [0.3, 0.4) is 0 Å². The largest absolute Gasteiger partial charge is 0.496 e. The molecule has 1 aliphatic rings. The first-order valence-corrected chi connectivity index (χ1v) is 5.35. The van der Waals surface area contributed by atoms with Gasteiger partial charge in [0.15, 0.2) is 11.5 Å². The summed E-state index contributed by atoms with van der Waals surface area (Å²) >= 11 is 6.09. The number of benzene rings is 1. The molecule has 4 nitrogen and oxygen atoms in total. The van der Waals surface area contributed by atoms with Gasteiger partial charge in [-0.2, -0.15) is 0 Å². The molecule has 0 atom stereocenters. The van der Waals surface area contributed by atoms with Crippen molar-refractivity contribution in [3.63, 3.8) is 0 Å². The Morgan fingerprint density at radius 2 is 1.94 bits per heavy atom. The normalized spacial score (nSPS) is 15.8. The van der Waals surface area contributed by atoms with Crippen molar-refractivity contribution in [3.05, 3.63) is 28.5 Å². The average molecular weight is 255 g/mol. The van der Waals surface area contributed by atoms with E-state index in [1.165, 1.54) is 14.2 Å². The summed E-state index contributed by atoms with van der Waals surface area (Å²) in [5.74, 6) is 1.11. The molecule has 5 heteroatoms. The fraction of sp³-hybridized carbons (Fsp3) is 0.250. The van der Waals surface area contributed by atoms with E-state index < -0.39 is 0 Å². The highest BCUT2D eigenvalue weighted by Gasteiger charge is 2.34. The summed E-state index contributed by atoms with van der Waals surface area (Å²) in [6.07, 6.45) is 1.59. The molecule has 17 heavy (non-hydrogen) atoms. The first-order valence-electron chi connectivity index (χ1n) is 4.97. The first kappa shape index (κ1) is 11.8. The predicted molar refractivity (Wildman–Crippen MR) is 63.3 cm³/mol. The minimum Gasteiger partial charge on any atom is -0.496 e. The number of allylic oxidation sites excluding steroid dienone is 2. The minimum atomic E-state index is -0.232. The van der Waals surface area contributed by atoms with Crippen LogP contribution in [-0.4, -0.2) is 20.0 Å². The molecule has 0 spiro atoms. The number of methoxy groups -OCH3 is 2. The van der Waals surface area contributed by atoms with E-state index in [1.807, 2.05) is 0 Å². The molecular formula is C12H11ClO4. The van der Waals surface area contributed by atoms with Crippen LogP contribution in [0.25, 0.3) is 0 Å². The summed E-state index contributed by atoms with van der Waals surface area (Å²) in [6.45, 7) is 1.72. The number of hydrogen-bond acceptors (Lipinski definition) is 4. The molecule has 0 amide bonds. The second kappa shape index (κ2) is 4.30. The van der Waals surface area contributed by atoms with Crippen molar-refractivity contribution in [1.29, 1.82) is 0 Å². The molecule has 0 aliphatic carbocycles. The van der Waals surface area contributed by atoms with E-state index in [2.05, 4.69) is 0 Å². The number of hydrogen-bond donors (Lipinski definition) is 0. The topological polar surface area (TPSA) is 44.8 Å². The van der Waals surface area contributed by atoms with Crippen molar-refractivity contribution in [1.82, 2.24) is 0 Å². The van der Waals surface area contributed by atoms with Crippen molar-refractivity contribution < 1.29 is 19.0 Å². The van der Waals surface area contributed by atoms with E-state index in [0.717, 1.165) is 0 Å². The number of halogens is 1. The lowest BCUT2D eigenvalue weighted by Crippen LogP contribution is -1.99. The maximum absolute atomic E-state index is 12.0. The van der Waals surface area contributed by atoms with Gasteiger partial charge in [0, 0.05) is 6.07 Å². The molecule has 0 N–H and O–H groups in total. The van der Waals surface area contributed by atoms with Crippen molar-refractivity contribution in [2.45, 2.75) is 6.92 Å². The molecule has 0 radical (unpaired) electrons. The van der Waals surface area contributed by atoms with Gasteiger partial charge in [0.2, 0.25) is 5.78 Å². The second-order valence-electron chi connectivity index (χ2n) is 3.38. The third-order valence-corrected chi connectivity index (χ3v) is 2.87. The molecular weight excluding hydrogens is 244 g/mol. The van der Waals surface area contributed by atoms with Gasteiger partial charge in [-0.05, 0) is 13.0 Å². The highest BCUT2D eigenvalue weighted by Crippen LogP contribution is 2.47. The van der Waals surface area contributed by atoms with E-state index in [0.29, 0.717) is 22.8 Å². The lowest BCUT2D eigenvalue weighted by molar-refractivity contribution is 0.101. The fourth-order valence-electron chi connectivity index (χ4n) is 1.68. The zero-order chi connectivity index (χ0) is 12.6. The Balaban J connectivity index is 2.71. The van der Waals surface area contributed by atoms with Gasteiger partial charge in [-0.1, -0.05) is 11.6 Å². The third kappa shape index (κ3) is 1.65. The molecule has 0 bridgehead atoms. The van der Waals surface area contributed by atoms with Crippen LogP contribution in [0.1, 0.15) is 17.3 Å². The summed E-state index contributed by atoms with van der Waals surface area (Å²) in [6, 6.07) is 1.57. The summed E-state index contributed by atoms with van der Waals surface area (Å²) in [4.78, 5) is 12.0. The van der Waals surface area contributed by atoms with Gasteiger partial charge in [-0.25, -0.2) is 0 Å². The number of ketones is 1. The molecule has 2 rings (SSSR count). The Kier molecular flexibility index (Phi) is 2.98. The zero-order valence-electron chi connectivity index (χ0n) is 9.67. The van der Waals surface area contributed by atoms with Crippen LogP contribution in [0.15, 0.2) is 17.9 Å². The van der Waals surface area contributed by atoms with Crippen molar-refractivity contribution in [2.75, 3.05) is 14.2 Å². The average Bonchev–Trinajstić information content (AvgIpc) is 2.68. The highest BCUT2D eigenvalue weighted by molar-refractivity contribution is 6.35. The fourth-order valence-corrected chi connectivity index (χ4v) is 1.94. The Morgan fingerprint density at radius 3 is 2.47 bits per heavy atom. The Hall–Kier alpha value is -1.68. The number of rotatable bonds is 2. The van der Waals surface area contributed by atoms with Crippen LogP contribution >= 0.6 is 11.6 Å². The van der Waals surface area contributed by atoms with Crippen LogP contribution in [0.2, 0.25) is 5.02 Å². The Labute approximate surface area is 104 Å². The lowest BCUT2D eigenvalue weighted by atomic mass is 10.1. The van der Waals surface area contributed by atoms with Crippen LogP contribution in [0, 0.1) is 0 Å². The number of fused-ring (bicyclic) bond motifs is 1. The van der Waals surface area contributed by atoms with Crippen molar-refractivity contribution in [3.8, 4) is 17.2 Å². The monoisotopic (exact) mass is 254 g/mol. The SMILES string of the molecule is C/C=C1\Oc2c(Cl)c(OC)cc(OC)c2C1=O. The lowest BCUT2D eigenvalue weighted by Gasteiger charge is -2.10. The maximum Gasteiger partial charge on any atom is 0.235 e. The predicted octanol–water partition coefficient (Wildman–Crippen LogP) is 2.84. The number of ether oxygens (including phenoxy) is 3. The number of carbonyl (C=O) groups excluding carboxylic acids is 1. The van der Waals surface area contributed by atoms with Gasteiger partial charge in [-0.3, -0.25) is 4.79 Å². The van der Waals surface area contributed by atoms with Gasteiger partial charge < -0.3 is 14.2 Å². The van der Waals surface area contributed by atoms with E-state index in [-0.39, 0.29) is 16.6 Å².